The molecule has 0 atom stereocenters. The number of nitrogens with one attached hydrogen (secondary N) is 1. The fraction of sp³-hybridized carbons (Fsp3) is 0.348. The Morgan fingerprint density at radius 2 is 1.91 bits per heavy atom. The normalized spacial score (nSPS) is 11.2. The molecule has 178 valence electrons. The van der Waals surface area contributed by atoms with Crippen molar-refractivity contribution in [3.05, 3.63) is 59.9 Å². The lowest BCUT2D eigenvalue weighted by Crippen LogP contribution is -2.34. The molecule has 3 aromatic heterocycles. The van der Waals surface area contributed by atoms with Gasteiger partial charge in [0, 0.05) is 36.6 Å². The number of aryl methyl sites for hydroxylation is 1. The van der Waals surface area contributed by atoms with Crippen molar-refractivity contribution in [2.75, 3.05) is 26.2 Å². The minimum Gasteiger partial charge on any atom is -0.351 e. The Morgan fingerprint density at radius 1 is 1.12 bits per heavy atom. The lowest BCUT2D eigenvalue weighted by atomic mass is 10.1. The summed E-state index contributed by atoms with van der Waals surface area (Å²) in [4.78, 5) is 24.5. The standard InChI is InChI=1S/C23H28N8O3/c1-4-30(5-2)14-13-25-22(32)19-10-8-18(9-11-19)20-26-23-21(28-27-20)31(34-29(3)33-23)16-17-7-6-12-24-15-17/h6-12,15H,4-5,13-14,16H2,1-3H3,(H,25,32). The van der Waals surface area contributed by atoms with Gasteiger partial charge in [-0.15, -0.1) is 10.2 Å². The number of fused-ring (bicyclic) bond motifs is 1. The lowest BCUT2D eigenvalue weighted by molar-refractivity contribution is -0.00146. The first-order valence-corrected chi connectivity index (χ1v) is 11.2. The Kier molecular flexibility index (Phi) is 7.33. The Labute approximate surface area is 196 Å². The van der Waals surface area contributed by atoms with Gasteiger partial charge in [-0.1, -0.05) is 32.0 Å². The summed E-state index contributed by atoms with van der Waals surface area (Å²) in [5, 5.41) is 11.5. The van der Waals surface area contributed by atoms with Crippen LogP contribution in [0.25, 0.3) is 22.7 Å². The number of amides is 1. The lowest BCUT2D eigenvalue weighted by Gasteiger charge is -2.17. The molecule has 1 N–H and O–H groups in total. The van der Waals surface area contributed by atoms with Gasteiger partial charge in [0.1, 0.15) is 0 Å². The zero-order valence-corrected chi connectivity index (χ0v) is 19.5. The van der Waals surface area contributed by atoms with Crippen molar-refractivity contribution < 1.29 is 13.9 Å². The third-order valence-electron chi connectivity index (χ3n) is 5.37. The highest BCUT2D eigenvalue weighted by Crippen LogP contribution is 2.18. The number of pyridine rings is 1. The van der Waals surface area contributed by atoms with Crippen LogP contribution in [0.5, 0.6) is 0 Å². The van der Waals surface area contributed by atoms with E-state index in [9.17, 15) is 4.79 Å². The SMILES string of the molecule is CCN(CC)CCNC(=O)c1ccc(-c2nnc3c(n2)on(C)on3Cc2cccnc2)cc1. The van der Waals surface area contributed by atoms with Crippen LogP contribution in [0.1, 0.15) is 29.8 Å². The highest BCUT2D eigenvalue weighted by atomic mass is 16.8. The topological polar surface area (TPSA) is 120 Å². The van der Waals surface area contributed by atoms with Crippen molar-refractivity contribution in [1.82, 2.24) is 40.0 Å². The molecule has 0 bridgehead atoms. The van der Waals surface area contributed by atoms with E-state index in [4.69, 9.17) is 9.15 Å². The number of likely N-dealkylation sites (N-methyl/N-ethyl adjacent to an activating group) is 1. The molecule has 4 aromatic rings. The molecule has 1 amide bonds. The number of nitrogens with zero attached hydrogens (tertiary/aromatic N) is 7. The molecule has 11 nitrogen and oxygen atoms in total. The van der Waals surface area contributed by atoms with E-state index in [-0.39, 0.29) is 11.6 Å². The van der Waals surface area contributed by atoms with Crippen LogP contribution in [0.15, 0.2) is 57.9 Å². The van der Waals surface area contributed by atoms with E-state index in [2.05, 4.69) is 44.2 Å². The molecule has 0 aliphatic rings. The molecule has 0 spiro atoms. The van der Waals surface area contributed by atoms with Crippen LogP contribution in [-0.4, -0.2) is 66.8 Å². The van der Waals surface area contributed by atoms with Gasteiger partial charge in [0.2, 0.25) is 0 Å². The first-order chi connectivity index (χ1) is 16.6. The zero-order chi connectivity index (χ0) is 23.9. The summed E-state index contributed by atoms with van der Waals surface area (Å²) in [6.07, 6.45) is 3.45. The van der Waals surface area contributed by atoms with Crippen LogP contribution in [0, 0.1) is 0 Å². The second-order valence-electron chi connectivity index (χ2n) is 7.63. The highest BCUT2D eigenvalue weighted by Gasteiger charge is 2.13. The Bertz CT molecular complexity index is 1260. The summed E-state index contributed by atoms with van der Waals surface area (Å²) in [5.41, 5.74) is 2.84. The van der Waals surface area contributed by atoms with E-state index >= 15 is 0 Å². The fourth-order valence-corrected chi connectivity index (χ4v) is 3.46. The van der Waals surface area contributed by atoms with Crippen LogP contribution in [0.3, 0.4) is 0 Å². The number of hydrogen-bond donors (Lipinski definition) is 1. The van der Waals surface area contributed by atoms with Crippen LogP contribution in [0.4, 0.5) is 0 Å². The number of carbonyl (C=O) groups excluding carboxylic acids is 1. The molecular formula is C23H28N8O3. The van der Waals surface area contributed by atoms with Crippen LogP contribution in [-0.2, 0) is 13.6 Å². The molecule has 1 aromatic carbocycles. The minimum absolute atomic E-state index is 0.114. The quantitative estimate of drug-likeness (QED) is 0.401. The molecule has 0 radical (unpaired) electrons. The number of carbonyl (C=O) groups is 1. The minimum atomic E-state index is -0.114. The summed E-state index contributed by atoms with van der Waals surface area (Å²) < 4.78 is 12.7. The first-order valence-electron chi connectivity index (χ1n) is 11.2. The smallest absolute Gasteiger partial charge is 0.299 e. The van der Waals surface area contributed by atoms with E-state index in [1.165, 1.54) is 9.65 Å². The molecule has 34 heavy (non-hydrogen) atoms. The van der Waals surface area contributed by atoms with Gasteiger partial charge in [0.15, 0.2) is 5.82 Å². The second-order valence-corrected chi connectivity index (χ2v) is 7.63. The maximum absolute atomic E-state index is 12.4. The van der Waals surface area contributed by atoms with Crippen molar-refractivity contribution in [1.29, 1.82) is 0 Å². The van der Waals surface area contributed by atoms with Gasteiger partial charge in [-0.25, -0.2) is 0 Å². The van der Waals surface area contributed by atoms with Gasteiger partial charge in [-0.2, -0.15) is 9.72 Å². The number of hydrogen-bond acceptors (Lipinski definition) is 8. The van der Waals surface area contributed by atoms with Gasteiger partial charge in [-0.3, -0.25) is 14.4 Å². The van der Waals surface area contributed by atoms with E-state index in [1.54, 1.807) is 43.7 Å². The average molecular weight is 465 g/mol. The van der Waals surface area contributed by atoms with Crippen molar-refractivity contribution in [3.63, 3.8) is 0 Å². The molecule has 0 fully saturated rings. The van der Waals surface area contributed by atoms with Gasteiger partial charge in [0.05, 0.1) is 13.6 Å². The van der Waals surface area contributed by atoms with Gasteiger partial charge in [-0.05, 0) is 41.8 Å². The molecule has 0 saturated carbocycles. The molecular weight excluding hydrogens is 436 g/mol. The third kappa shape index (κ3) is 5.49. The molecule has 11 heteroatoms. The molecule has 4 rings (SSSR count). The molecule has 0 aliphatic heterocycles. The average Bonchev–Trinajstić information content (AvgIpc) is 2.87. The fourth-order valence-electron chi connectivity index (χ4n) is 3.46. The van der Waals surface area contributed by atoms with E-state index < -0.39 is 0 Å². The monoisotopic (exact) mass is 464 g/mol. The van der Waals surface area contributed by atoms with E-state index in [0.717, 1.165) is 25.2 Å². The van der Waals surface area contributed by atoms with Gasteiger partial charge >= 0.3 is 0 Å². The summed E-state index contributed by atoms with van der Waals surface area (Å²) >= 11 is 0. The number of benzene rings is 1. The maximum atomic E-state index is 12.4. The maximum Gasteiger partial charge on any atom is 0.299 e. The van der Waals surface area contributed by atoms with Crippen molar-refractivity contribution in [3.8, 4) is 11.4 Å². The second kappa shape index (κ2) is 10.8. The van der Waals surface area contributed by atoms with Gasteiger partial charge < -0.3 is 14.7 Å². The summed E-state index contributed by atoms with van der Waals surface area (Å²) in [6, 6.07) is 10.9. The molecule has 3 heterocycles. The Morgan fingerprint density at radius 3 is 2.62 bits per heavy atom. The van der Waals surface area contributed by atoms with Crippen LogP contribution < -0.4 is 5.32 Å². The summed E-state index contributed by atoms with van der Waals surface area (Å²) in [6.45, 7) is 7.95. The molecule has 0 aliphatic carbocycles. The Hall–Kier alpha value is -3.99. The van der Waals surface area contributed by atoms with Crippen molar-refractivity contribution in [2.24, 2.45) is 7.05 Å². The number of aromatic nitrogens is 6. The molecule has 0 saturated heterocycles. The summed E-state index contributed by atoms with van der Waals surface area (Å²) in [7, 11) is 1.62. The third-order valence-corrected chi connectivity index (χ3v) is 5.37. The first kappa shape index (κ1) is 23.2. The largest absolute Gasteiger partial charge is 0.351 e. The van der Waals surface area contributed by atoms with Crippen LogP contribution in [0.2, 0.25) is 0 Å². The van der Waals surface area contributed by atoms with Crippen LogP contribution >= 0.6 is 0 Å². The predicted molar refractivity (Wildman–Crippen MR) is 125 cm³/mol. The highest BCUT2D eigenvalue weighted by molar-refractivity contribution is 5.94. The van der Waals surface area contributed by atoms with E-state index in [1.807, 2.05) is 12.1 Å². The van der Waals surface area contributed by atoms with Crippen molar-refractivity contribution in [2.45, 2.75) is 20.4 Å². The number of rotatable bonds is 9. The van der Waals surface area contributed by atoms with Crippen molar-refractivity contribution >= 4 is 17.3 Å². The predicted octanol–water partition coefficient (Wildman–Crippen LogP) is 2.66. The Balaban J connectivity index is 1.51. The van der Waals surface area contributed by atoms with Gasteiger partial charge in [0.25, 0.3) is 17.3 Å². The van der Waals surface area contributed by atoms with E-state index in [0.29, 0.717) is 35.7 Å². The molecule has 0 unspecified atom stereocenters. The summed E-state index contributed by atoms with van der Waals surface area (Å²) in [5.74, 6) is 0.264. The zero-order valence-electron chi connectivity index (χ0n) is 19.5.